The van der Waals surface area contributed by atoms with E-state index in [1.807, 2.05) is 31.2 Å². The van der Waals surface area contributed by atoms with Gasteiger partial charge in [-0.05, 0) is 35.7 Å². The Morgan fingerprint density at radius 1 is 1.05 bits per heavy atom. The molecule has 0 aromatic heterocycles. The van der Waals surface area contributed by atoms with Crippen molar-refractivity contribution in [3.63, 3.8) is 0 Å². The molecule has 106 valence electrons. The second kappa shape index (κ2) is 5.36. The number of aliphatic imine (C=N–C) groups is 1. The Bertz CT molecular complexity index is 723. The van der Waals surface area contributed by atoms with Gasteiger partial charge < -0.3 is 0 Å². The predicted octanol–water partition coefficient (Wildman–Crippen LogP) is 2.18. The number of hydrogen-bond acceptors (Lipinski definition) is 3. The van der Waals surface area contributed by atoms with E-state index in [-0.39, 0.29) is 18.3 Å². The summed E-state index contributed by atoms with van der Waals surface area (Å²) < 4.78 is 13.1. The molecule has 0 aliphatic carbocycles. The van der Waals surface area contributed by atoms with Crippen molar-refractivity contribution in [2.75, 3.05) is 6.54 Å². The van der Waals surface area contributed by atoms with Gasteiger partial charge in [0.05, 0.1) is 0 Å². The predicted molar refractivity (Wildman–Crippen MR) is 79.3 cm³/mol. The van der Waals surface area contributed by atoms with Crippen LogP contribution in [0.25, 0.3) is 11.1 Å². The highest BCUT2D eigenvalue weighted by molar-refractivity contribution is 6.02. The molecule has 2 aromatic rings. The molecule has 1 aliphatic rings. The first-order valence-corrected chi connectivity index (χ1v) is 6.60. The molecule has 1 heterocycles. The summed E-state index contributed by atoms with van der Waals surface area (Å²) in [5.41, 5.74) is 9.08. The number of carbonyl (C=O) groups is 1. The standard InChI is InChI=1S/C16H14FN3O/c1-10-8-13(17)6-7-14(10)11-2-4-12(5-3-11)16-18-9-15(21)19-20-16/h2-8H,9H2,1H3,(H,18,20)(H,19,21). The zero-order chi connectivity index (χ0) is 14.8. The molecule has 0 unspecified atom stereocenters. The van der Waals surface area contributed by atoms with Crippen LogP contribution in [-0.4, -0.2) is 18.3 Å². The minimum absolute atomic E-state index is 0.126. The van der Waals surface area contributed by atoms with Gasteiger partial charge in [-0.1, -0.05) is 30.3 Å². The van der Waals surface area contributed by atoms with Crippen LogP contribution in [-0.2, 0) is 4.79 Å². The minimum atomic E-state index is -0.232. The van der Waals surface area contributed by atoms with Gasteiger partial charge in [0, 0.05) is 5.56 Å². The van der Waals surface area contributed by atoms with Crippen molar-refractivity contribution in [1.29, 1.82) is 0 Å². The maximum Gasteiger partial charge on any atom is 0.260 e. The van der Waals surface area contributed by atoms with Crippen LogP contribution in [0.3, 0.4) is 0 Å². The molecule has 0 atom stereocenters. The number of hydrazine groups is 1. The summed E-state index contributed by atoms with van der Waals surface area (Å²) in [5, 5.41) is 0. The van der Waals surface area contributed by atoms with Crippen molar-refractivity contribution in [3.05, 3.63) is 59.4 Å². The van der Waals surface area contributed by atoms with Crippen molar-refractivity contribution < 1.29 is 9.18 Å². The number of hydrogen-bond donors (Lipinski definition) is 2. The van der Waals surface area contributed by atoms with Gasteiger partial charge in [0.15, 0.2) is 0 Å². The van der Waals surface area contributed by atoms with Gasteiger partial charge in [0.2, 0.25) is 0 Å². The molecule has 0 fully saturated rings. The molecule has 0 saturated carbocycles. The molecule has 5 heteroatoms. The quantitative estimate of drug-likeness (QED) is 0.887. The van der Waals surface area contributed by atoms with Crippen LogP contribution in [0.4, 0.5) is 4.39 Å². The highest BCUT2D eigenvalue weighted by Crippen LogP contribution is 2.24. The maximum atomic E-state index is 13.1. The largest absolute Gasteiger partial charge is 0.282 e. The Labute approximate surface area is 121 Å². The summed E-state index contributed by atoms with van der Waals surface area (Å²) >= 11 is 0. The summed E-state index contributed by atoms with van der Waals surface area (Å²) in [6, 6.07) is 12.5. The van der Waals surface area contributed by atoms with E-state index in [4.69, 9.17) is 0 Å². The van der Waals surface area contributed by atoms with Crippen LogP contribution in [0, 0.1) is 12.7 Å². The van der Waals surface area contributed by atoms with E-state index in [0.29, 0.717) is 5.84 Å². The molecule has 2 aromatic carbocycles. The van der Waals surface area contributed by atoms with Gasteiger partial charge in [-0.3, -0.25) is 20.6 Å². The average molecular weight is 283 g/mol. The van der Waals surface area contributed by atoms with Crippen LogP contribution >= 0.6 is 0 Å². The maximum absolute atomic E-state index is 13.1. The third kappa shape index (κ3) is 2.76. The summed E-state index contributed by atoms with van der Waals surface area (Å²) in [4.78, 5) is 15.2. The fourth-order valence-electron chi connectivity index (χ4n) is 2.28. The number of amidine groups is 1. The van der Waals surface area contributed by atoms with Gasteiger partial charge >= 0.3 is 0 Å². The zero-order valence-electron chi connectivity index (χ0n) is 11.5. The lowest BCUT2D eigenvalue weighted by Crippen LogP contribution is -2.47. The highest BCUT2D eigenvalue weighted by Gasteiger charge is 2.11. The van der Waals surface area contributed by atoms with Crippen molar-refractivity contribution in [2.24, 2.45) is 4.99 Å². The van der Waals surface area contributed by atoms with Crippen molar-refractivity contribution in [1.82, 2.24) is 10.9 Å². The van der Waals surface area contributed by atoms with Crippen molar-refractivity contribution in [3.8, 4) is 11.1 Å². The molecule has 2 N–H and O–H groups in total. The molecular formula is C16H14FN3O. The lowest BCUT2D eigenvalue weighted by Gasteiger charge is -2.16. The van der Waals surface area contributed by atoms with Gasteiger partial charge in [-0.2, -0.15) is 0 Å². The number of nitrogens with zero attached hydrogens (tertiary/aromatic N) is 1. The SMILES string of the molecule is Cc1cc(F)ccc1-c1ccc(C2=NCC(=O)NN2)cc1. The van der Waals surface area contributed by atoms with E-state index in [1.54, 1.807) is 6.07 Å². The molecule has 0 radical (unpaired) electrons. The summed E-state index contributed by atoms with van der Waals surface area (Å²) in [5.74, 6) is 0.249. The third-order valence-electron chi connectivity index (χ3n) is 3.36. The van der Waals surface area contributed by atoms with E-state index < -0.39 is 0 Å². The Morgan fingerprint density at radius 2 is 1.76 bits per heavy atom. The Balaban J connectivity index is 1.89. The number of halogens is 1. The monoisotopic (exact) mass is 283 g/mol. The zero-order valence-corrected chi connectivity index (χ0v) is 11.5. The van der Waals surface area contributed by atoms with Crippen LogP contribution < -0.4 is 10.9 Å². The Hall–Kier alpha value is -2.69. The fourth-order valence-corrected chi connectivity index (χ4v) is 2.28. The van der Waals surface area contributed by atoms with E-state index >= 15 is 0 Å². The fraction of sp³-hybridized carbons (Fsp3) is 0.125. The minimum Gasteiger partial charge on any atom is -0.282 e. The normalized spacial score (nSPS) is 14.2. The molecule has 0 bridgehead atoms. The smallest absolute Gasteiger partial charge is 0.260 e. The van der Waals surface area contributed by atoms with E-state index in [0.717, 1.165) is 22.3 Å². The third-order valence-corrected chi connectivity index (χ3v) is 3.36. The summed E-state index contributed by atoms with van der Waals surface area (Å²) in [7, 11) is 0. The van der Waals surface area contributed by atoms with E-state index in [1.165, 1.54) is 12.1 Å². The second-order valence-electron chi connectivity index (χ2n) is 4.87. The van der Waals surface area contributed by atoms with Gasteiger partial charge in [-0.15, -0.1) is 0 Å². The lowest BCUT2D eigenvalue weighted by molar-refractivity contribution is -0.120. The van der Waals surface area contributed by atoms with Gasteiger partial charge in [-0.25, -0.2) is 4.39 Å². The Kier molecular flexibility index (Phi) is 3.39. The number of amides is 1. The Morgan fingerprint density at radius 3 is 2.38 bits per heavy atom. The van der Waals surface area contributed by atoms with Crippen LogP contribution in [0.5, 0.6) is 0 Å². The van der Waals surface area contributed by atoms with Gasteiger partial charge in [0.1, 0.15) is 18.2 Å². The average Bonchev–Trinajstić information content (AvgIpc) is 2.48. The summed E-state index contributed by atoms with van der Waals surface area (Å²) in [6.07, 6.45) is 0. The number of rotatable bonds is 2. The van der Waals surface area contributed by atoms with Crippen LogP contribution in [0.15, 0.2) is 47.5 Å². The molecule has 0 spiro atoms. The molecule has 1 aliphatic heterocycles. The number of nitrogens with one attached hydrogen (secondary N) is 2. The summed E-state index contributed by atoms with van der Waals surface area (Å²) in [6.45, 7) is 2.01. The highest BCUT2D eigenvalue weighted by atomic mass is 19.1. The first-order valence-electron chi connectivity index (χ1n) is 6.60. The lowest BCUT2D eigenvalue weighted by atomic mass is 9.99. The van der Waals surface area contributed by atoms with Gasteiger partial charge in [0.25, 0.3) is 5.91 Å². The molecule has 4 nitrogen and oxygen atoms in total. The number of benzene rings is 2. The van der Waals surface area contributed by atoms with E-state index in [9.17, 15) is 9.18 Å². The molecule has 3 rings (SSSR count). The molecule has 1 amide bonds. The molecule has 0 saturated heterocycles. The van der Waals surface area contributed by atoms with Crippen molar-refractivity contribution >= 4 is 11.7 Å². The van der Waals surface area contributed by atoms with Crippen LogP contribution in [0.2, 0.25) is 0 Å². The van der Waals surface area contributed by atoms with Crippen molar-refractivity contribution in [2.45, 2.75) is 6.92 Å². The first-order chi connectivity index (χ1) is 10.1. The molecule has 21 heavy (non-hydrogen) atoms. The first kappa shape index (κ1) is 13.3. The van der Waals surface area contributed by atoms with Crippen LogP contribution in [0.1, 0.15) is 11.1 Å². The topological polar surface area (TPSA) is 53.5 Å². The second-order valence-corrected chi connectivity index (χ2v) is 4.87. The number of aryl methyl sites for hydroxylation is 1. The van der Waals surface area contributed by atoms with E-state index in [2.05, 4.69) is 15.8 Å². The molecular weight excluding hydrogens is 269 g/mol. The number of carbonyl (C=O) groups excluding carboxylic acids is 1.